The standard InChI is InChI=1S/C12H15FN2O4/c1-2-5-14(6-7-16)12(17)9-3-4-11(15(18)19)10(13)8-9/h3-4,8,16H,2,5-7H2,1H3. The van der Waals surface area contributed by atoms with Crippen LogP contribution in [0, 0.1) is 15.9 Å². The van der Waals surface area contributed by atoms with Gasteiger partial charge in [-0.3, -0.25) is 14.9 Å². The number of carbonyl (C=O) groups excluding carboxylic acids is 1. The quantitative estimate of drug-likeness (QED) is 0.628. The Kier molecular flexibility index (Phi) is 5.37. The minimum Gasteiger partial charge on any atom is -0.395 e. The minimum atomic E-state index is -1.05. The zero-order valence-corrected chi connectivity index (χ0v) is 10.5. The van der Waals surface area contributed by atoms with Crippen LogP contribution in [0.4, 0.5) is 10.1 Å². The van der Waals surface area contributed by atoms with Crippen LogP contribution >= 0.6 is 0 Å². The highest BCUT2D eigenvalue weighted by Crippen LogP contribution is 2.19. The number of hydrogen-bond acceptors (Lipinski definition) is 4. The molecule has 7 heteroatoms. The smallest absolute Gasteiger partial charge is 0.304 e. The van der Waals surface area contributed by atoms with Crippen molar-refractivity contribution in [2.75, 3.05) is 19.7 Å². The second-order valence-electron chi connectivity index (χ2n) is 3.94. The number of amides is 1. The van der Waals surface area contributed by atoms with Gasteiger partial charge in [-0.1, -0.05) is 6.92 Å². The summed E-state index contributed by atoms with van der Waals surface area (Å²) in [4.78, 5) is 23.0. The van der Waals surface area contributed by atoms with Crippen LogP contribution in [-0.2, 0) is 0 Å². The van der Waals surface area contributed by atoms with Crippen LogP contribution in [0.25, 0.3) is 0 Å². The summed E-state index contributed by atoms with van der Waals surface area (Å²) >= 11 is 0. The van der Waals surface area contributed by atoms with Crippen molar-refractivity contribution in [3.63, 3.8) is 0 Å². The first-order chi connectivity index (χ1) is 9.01. The molecule has 0 aromatic heterocycles. The van der Waals surface area contributed by atoms with Gasteiger partial charge in [0.2, 0.25) is 5.82 Å². The lowest BCUT2D eigenvalue weighted by Crippen LogP contribution is -2.34. The Morgan fingerprint density at radius 3 is 2.63 bits per heavy atom. The number of halogens is 1. The molecule has 0 saturated carbocycles. The summed E-state index contributed by atoms with van der Waals surface area (Å²) in [5, 5.41) is 19.4. The molecule has 0 saturated heterocycles. The van der Waals surface area contributed by atoms with E-state index in [0.717, 1.165) is 12.1 Å². The van der Waals surface area contributed by atoms with Gasteiger partial charge in [-0.2, -0.15) is 4.39 Å². The fourth-order valence-electron chi connectivity index (χ4n) is 1.68. The van der Waals surface area contributed by atoms with Gasteiger partial charge in [-0.25, -0.2) is 0 Å². The second kappa shape index (κ2) is 6.79. The number of rotatable bonds is 6. The minimum absolute atomic E-state index is 0.0324. The van der Waals surface area contributed by atoms with E-state index in [-0.39, 0.29) is 18.7 Å². The SMILES string of the molecule is CCCN(CCO)C(=O)c1ccc([N+](=O)[O-])c(F)c1. The fourth-order valence-corrected chi connectivity index (χ4v) is 1.68. The predicted octanol–water partition coefficient (Wildman–Crippen LogP) is 1.58. The molecule has 1 N–H and O–H groups in total. The monoisotopic (exact) mass is 270 g/mol. The summed E-state index contributed by atoms with van der Waals surface area (Å²) in [7, 11) is 0. The van der Waals surface area contributed by atoms with Crippen molar-refractivity contribution in [2.24, 2.45) is 0 Å². The van der Waals surface area contributed by atoms with Crippen LogP contribution in [0.5, 0.6) is 0 Å². The van der Waals surface area contributed by atoms with E-state index in [1.807, 2.05) is 6.92 Å². The molecule has 104 valence electrons. The van der Waals surface area contributed by atoms with Gasteiger partial charge in [0.1, 0.15) is 0 Å². The summed E-state index contributed by atoms with van der Waals surface area (Å²) in [6.45, 7) is 2.25. The van der Waals surface area contributed by atoms with Crippen molar-refractivity contribution in [1.29, 1.82) is 0 Å². The largest absolute Gasteiger partial charge is 0.395 e. The zero-order chi connectivity index (χ0) is 14.4. The predicted molar refractivity (Wildman–Crippen MR) is 66.3 cm³/mol. The van der Waals surface area contributed by atoms with Gasteiger partial charge in [0.15, 0.2) is 0 Å². The normalized spacial score (nSPS) is 10.3. The van der Waals surface area contributed by atoms with Crippen molar-refractivity contribution < 1.29 is 19.2 Å². The highest BCUT2D eigenvalue weighted by molar-refractivity contribution is 5.94. The Morgan fingerprint density at radius 2 is 2.16 bits per heavy atom. The maximum atomic E-state index is 13.4. The summed E-state index contributed by atoms with van der Waals surface area (Å²) in [5.74, 6) is -1.50. The first kappa shape index (κ1) is 15.0. The average molecular weight is 270 g/mol. The van der Waals surface area contributed by atoms with E-state index >= 15 is 0 Å². The highest BCUT2D eigenvalue weighted by Gasteiger charge is 2.19. The number of aliphatic hydroxyl groups is 1. The number of nitrogens with zero attached hydrogens (tertiary/aromatic N) is 2. The Hall–Kier alpha value is -2.02. The first-order valence-electron chi connectivity index (χ1n) is 5.85. The third kappa shape index (κ3) is 3.72. The lowest BCUT2D eigenvalue weighted by molar-refractivity contribution is -0.387. The van der Waals surface area contributed by atoms with Crippen LogP contribution in [0.1, 0.15) is 23.7 Å². The van der Waals surface area contributed by atoms with Crippen molar-refractivity contribution in [1.82, 2.24) is 4.90 Å². The number of benzene rings is 1. The van der Waals surface area contributed by atoms with Crippen LogP contribution in [0.15, 0.2) is 18.2 Å². The van der Waals surface area contributed by atoms with Gasteiger partial charge >= 0.3 is 5.69 Å². The third-order valence-electron chi connectivity index (χ3n) is 2.54. The molecule has 1 amide bonds. The van der Waals surface area contributed by atoms with Crippen LogP contribution in [-0.4, -0.2) is 40.5 Å². The van der Waals surface area contributed by atoms with E-state index in [4.69, 9.17) is 5.11 Å². The molecular weight excluding hydrogens is 255 g/mol. The molecule has 0 fully saturated rings. The molecule has 6 nitrogen and oxygen atoms in total. The molecule has 0 bridgehead atoms. The second-order valence-corrected chi connectivity index (χ2v) is 3.94. The summed E-state index contributed by atoms with van der Waals surface area (Å²) in [6, 6.07) is 3.02. The number of hydrogen-bond donors (Lipinski definition) is 1. The van der Waals surface area contributed by atoms with Gasteiger partial charge in [0.05, 0.1) is 11.5 Å². The van der Waals surface area contributed by atoms with Gasteiger partial charge in [0.25, 0.3) is 5.91 Å². The lowest BCUT2D eigenvalue weighted by atomic mass is 10.1. The molecule has 1 aromatic carbocycles. The van der Waals surface area contributed by atoms with Crippen LogP contribution < -0.4 is 0 Å². The molecule has 0 spiro atoms. The molecular formula is C12H15FN2O4. The molecule has 0 atom stereocenters. The number of nitro benzene ring substituents is 1. The number of aliphatic hydroxyl groups excluding tert-OH is 1. The first-order valence-corrected chi connectivity index (χ1v) is 5.85. The summed E-state index contributed by atoms with van der Waals surface area (Å²) in [6.07, 6.45) is 0.696. The van der Waals surface area contributed by atoms with E-state index < -0.39 is 22.3 Å². The summed E-state index contributed by atoms with van der Waals surface area (Å²) in [5.41, 5.74) is -0.634. The van der Waals surface area contributed by atoms with Crippen molar-refractivity contribution >= 4 is 11.6 Å². The van der Waals surface area contributed by atoms with Crippen LogP contribution in [0.2, 0.25) is 0 Å². The Bertz CT molecular complexity index is 473. The van der Waals surface area contributed by atoms with E-state index in [0.29, 0.717) is 13.0 Å². The molecule has 0 heterocycles. The maximum absolute atomic E-state index is 13.4. The molecule has 1 aromatic rings. The number of carbonyl (C=O) groups is 1. The topological polar surface area (TPSA) is 83.7 Å². The molecule has 0 aliphatic carbocycles. The lowest BCUT2D eigenvalue weighted by Gasteiger charge is -2.21. The van der Waals surface area contributed by atoms with Gasteiger partial charge < -0.3 is 10.0 Å². The molecule has 0 unspecified atom stereocenters. The Balaban J connectivity index is 2.98. The van der Waals surface area contributed by atoms with E-state index in [1.165, 1.54) is 11.0 Å². The zero-order valence-electron chi connectivity index (χ0n) is 10.5. The van der Waals surface area contributed by atoms with E-state index in [2.05, 4.69) is 0 Å². The molecule has 0 radical (unpaired) electrons. The van der Waals surface area contributed by atoms with Crippen molar-refractivity contribution in [2.45, 2.75) is 13.3 Å². The highest BCUT2D eigenvalue weighted by atomic mass is 19.1. The summed E-state index contributed by atoms with van der Waals surface area (Å²) < 4.78 is 13.4. The Labute approximate surface area is 109 Å². The molecule has 1 rings (SSSR count). The van der Waals surface area contributed by atoms with Crippen LogP contribution in [0.3, 0.4) is 0 Å². The average Bonchev–Trinajstić information content (AvgIpc) is 2.37. The molecule has 0 aliphatic rings. The Morgan fingerprint density at radius 1 is 1.47 bits per heavy atom. The fraction of sp³-hybridized carbons (Fsp3) is 0.417. The molecule has 0 aliphatic heterocycles. The van der Waals surface area contributed by atoms with Crippen molar-refractivity contribution in [3.8, 4) is 0 Å². The molecule has 19 heavy (non-hydrogen) atoms. The van der Waals surface area contributed by atoms with Gasteiger partial charge in [-0.05, 0) is 18.6 Å². The van der Waals surface area contributed by atoms with Gasteiger partial charge in [-0.15, -0.1) is 0 Å². The van der Waals surface area contributed by atoms with E-state index in [1.54, 1.807) is 0 Å². The van der Waals surface area contributed by atoms with Crippen molar-refractivity contribution in [3.05, 3.63) is 39.7 Å². The third-order valence-corrected chi connectivity index (χ3v) is 2.54. The van der Waals surface area contributed by atoms with Gasteiger partial charge in [0, 0.05) is 24.7 Å². The van der Waals surface area contributed by atoms with E-state index in [9.17, 15) is 19.3 Å². The number of nitro groups is 1. The maximum Gasteiger partial charge on any atom is 0.304 e.